The Morgan fingerprint density at radius 3 is 2.60 bits per heavy atom. The molecule has 0 amide bonds. The van der Waals surface area contributed by atoms with Crippen LogP contribution in [0.15, 0.2) is 18.2 Å². The lowest BCUT2D eigenvalue weighted by molar-refractivity contribution is 0.0927. The Balaban J connectivity index is 2.13. The molecule has 0 bridgehead atoms. The summed E-state index contributed by atoms with van der Waals surface area (Å²) in [5.74, 6) is 0.714. The fourth-order valence-corrected chi connectivity index (χ4v) is 2.84. The van der Waals surface area contributed by atoms with Crippen molar-refractivity contribution >= 4 is 34.2 Å². The molecule has 0 N–H and O–H groups in total. The van der Waals surface area contributed by atoms with Crippen molar-refractivity contribution in [3.05, 3.63) is 23.2 Å². The van der Waals surface area contributed by atoms with Gasteiger partial charge in [-0.05, 0) is 19.2 Å². The summed E-state index contributed by atoms with van der Waals surface area (Å²) < 4.78 is 1.44. The number of hydrogen-bond donors (Lipinski definition) is 0. The average Bonchev–Trinajstić information content (AvgIpc) is 2.81. The monoisotopic (exact) mass is 292 g/mol. The van der Waals surface area contributed by atoms with Gasteiger partial charge in [0.2, 0.25) is 5.91 Å². The Bertz CT molecular complexity index is 658. The Kier molecular flexibility index (Phi) is 3.40. The van der Waals surface area contributed by atoms with E-state index >= 15 is 0 Å². The number of fused-ring (bicyclic) bond motifs is 1. The van der Waals surface area contributed by atoms with Crippen molar-refractivity contribution in [3.63, 3.8) is 0 Å². The van der Waals surface area contributed by atoms with Crippen LogP contribution in [0.1, 0.15) is 11.7 Å². The van der Waals surface area contributed by atoms with E-state index in [0.717, 1.165) is 42.9 Å². The minimum absolute atomic E-state index is 0.0994. The van der Waals surface area contributed by atoms with Crippen molar-refractivity contribution in [1.29, 1.82) is 0 Å². The van der Waals surface area contributed by atoms with E-state index in [1.807, 2.05) is 18.2 Å². The highest BCUT2D eigenvalue weighted by Crippen LogP contribution is 2.32. The van der Waals surface area contributed by atoms with Crippen LogP contribution in [0.2, 0.25) is 5.02 Å². The number of rotatable bonds is 1. The van der Waals surface area contributed by atoms with Gasteiger partial charge in [0.1, 0.15) is 0 Å². The Morgan fingerprint density at radius 2 is 1.95 bits per heavy atom. The van der Waals surface area contributed by atoms with Gasteiger partial charge in [-0.25, -0.2) is 0 Å². The fraction of sp³-hybridized carbons (Fsp3) is 0.429. The summed E-state index contributed by atoms with van der Waals surface area (Å²) in [6, 6.07) is 5.57. The predicted molar refractivity (Wildman–Crippen MR) is 80.8 cm³/mol. The molecule has 1 saturated heterocycles. The van der Waals surface area contributed by atoms with Crippen LogP contribution in [-0.2, 0) is 0 Å². The maximum atomic E-state index is 11.7. The summed E-state index contributed by atoms with van der Waals surface area (Å²) in [7, 11) is 2.11. The minimum Gasteiger partial charge on any atom is -0.352 e. The molecule has 106 valence electrons. The van der Waals surface area contributed by atoms with Crippen molar-refractivity contribution in [1.82, 2.24) is 14.7 Å². The highest BCUT2D eigenvalue weighted by Gasteiger charge is 2.22. The number of hydrogen-bond acceptors (Lipinski definition) is 4. The first-order chi connectivity index (χ1) is 9.58. The van der Waals surface area contributed by atoms with Crippen LogP contribution in [0.3, 0.4) is 0 Å². The maximum absolute atomic E-state index is 11.7. The SMILES string of the molecule is CC(=O)n1nc(N2CCN(C)CC2)c2c(Cl)cccc21. The van der Waals surface area contributed by atoms with Crippen LogP contribution in [0.25, 0.3) is 10.9 Å². The Labute approximate surface area is 122 Å². The van der Waals surface area contributed by atoms with E-state index in [9.17, 15) is 4.79 Å². The highest BCUT2D eigenvalue weighted by atomic mass is 35.5. The van der Waals surface area contributed by atoms with Crippen LogP contribution >= 0.6 is 11.6 Å². The van der Waals surface area contributed by atoms with Crippen LogP contribution in [-0.4, -0.2) is 53.8 Å². The van der Waals surface area contributed by atoms with Gasteiger partial charge in [0.15, 0.2) is 5.82 Å². The standard InChI is InChI=1S/C14H17ClN4O/c1-10(20)19-12-5-3-4-11(15)13(12)14(16-19)18-8-6-17(2)7-9-18/h3-5H,6-9H2,1-2H3. The summed E-state index contributed by atoms with van der Waals surface area (Å²) in [6.45, 7) is 5.27. The number of carbonyl (C=O) groups is 1. The first kappa shape index (κ1) is 13.4. The number of nitrogens with zero attached hydrogens (tertiary/aromatic N) is 4. The van der Waals surface area contributed by atoms with E-state index in [2.05, 4.69) is 21.9 Å². The number of aromatic nitrogens is 2. The topological polar surface area (TPSA) is 41.4 Å². The van der Waals surface area contributed by atoms with E-state index in [1.165, 1.54) is 11.6 Å². The van der Waals surface area contributed by atoms with Gasteiger partial charge in [-0.3, -0.25) is 4.79 Å². The normalized spacial score (nSPS) is 16.9. The van der Waals surface area contributed by atoms with Gasteiger partial charge in [0.05, 0.1) is 15.9 Å². The first-order valence-electron chi connectivity index (χ1n) is 6.69. The molecule has 1 aromatic heterocycles. The lowest BCUT2D eigenvalue weighted by atomic mass is 10.2. The number of carbonyl (C=O) groups excluding carboxylic acids is 1. The summed E-state index contributed by atoms with van der Waals surface area (Å²) in [5, 5.41) is 6.00. The van der Waals surface area contributed by atoms with Crippen molar-refractivity contribution in [2.75, 3.05) is 38.1 Å². The van der Waals surface area contributed by atoms with Gasteiger partial charge in [-0.1, -0.05) is 17.7 Å². The fourth-order valence-electron chi connectivity index (χ4n) is 2.59. The molecule has 2 aromatic rings. The molecule has 2 heterocycles. The third kappa shape index (κ3) is 2.17. The first-order valence-corrected chi connectivity index (χ1v) is 7.07. The van der Waals surface area contributed by atoms with Crippen molar-refractivity contribution in [2.45, 2.75) is 6.92 Å². The van der Waals surface area contributed by atoms with Gasteiger partial charge < -0.3 is 9.80 Å². The zero-order valence-corrected chi connectivity index (χ0v) is 12.4. The molecular weight excluding hydrogens is 276 g/mol. The Morgan fingerprint density at radius 1 is 1.25 bits per heavy atom. The van der Waals surface area contributed by atoms with Crippen molar-refractivity contribution in [3.8, 4) is 0 Å². The second-order valence-corrected chi connectivity index (χ2v) is 5.59. The van der Waals surface area contributed by atoms with Gasteiger partial charge in [-0.2, -0.15) is 4.68 Å². The number of benzene rings is 1. The molecule has 1 aliphatic rings. The predicted octanol–water partition coefficient (Wildman–Crippen LogP) is 2.10. The minimum atomic E-state index is -0.0994. The third-order valence-electron chi connectivity index (χ3n) is 3.74. The van der Waals surface area contributed by atoms with E-state index in [0.29, 0.717) is 5.02 Å². The molecule has 5 nitrogen and oxygen atoms in total. The number of piperazine rings is 1. The third-order valence-corrected chi connectivity index (χ3v) is 4.05. The molecule has 0 radical (unpaired) electrons. The molecule has 3 rings (SSSR count). The van der Waals surface area contributed by atoms with Crippen molar-refractivity contribution in [2.24, 2.45) is 0 Å². The van der Waals surface area contributed by atoms with Crippen LogP contribution in [0.5, 0.6) is 0 Å². The summed E-state index contributed by atoms with van der Waals surface area (Å²) in [6.07, 6.45) is 0. The van der Waals surface area contributed by atoms with E-state index in [1.54, 1.807) is 0 Å². The number of likely N-dealkylation sites (N-methyl/N-ethyl adjacent to an activating group) is 1. The lowest BCUT2D eigenvalue weighted by Crippen LogP contribution is -2.44. The smallest absolute Gasteiger partial charge is 0.244 e. The molecule has 1 aliphatic heterocycles. The Hall–Kier alpha value is -1.59. The number of halogens is 1. The number of anilines is 1. The summed E-state index contributed by atoms with van der Waals surface area (Å²) in [4.78, 5) is 16.2. The quantitative estimate of drug-likeness (QED) is 0.807. The van der Waals surface area contributed by atoms with E-state index in [4.69, 9.17) is 11.6 Å². The second kappa shape index (κ2) is 5.07. The van der Waals surface area contributed by atoms with Gasteiger partial charge >= 0.3 is 0 Å². The molecule has 0 spiro atoms. The van der Waals surface area contributed by atoms with Gasteiger partial charge in [0.25, 0.3) is 0 Å². The van der Waals surface area contributed by atoms with Crippen LogP contribution in [0.4, 0.5) is 5.82 Å². The molecule has 20 heavy (non-hydrogen) atoms. The molecule has 0 unspecified atom stereocenters. The molecule has 1 aromatic carbocycles. The summed E-state index contributed by atoms with van der Waals surface area (Å²) in [5.41, 5.74) is 0.777. The van der Waals surface area contributed by atoms with Gasteiger partial charge in [-0.15, -0.1) is 5.10 Å². The summed E-state index contributed by atoms with van der Waals surface area (Å²) >= 11 is 6.33. The van der Waals surface area contributed by atoms with Crippen LogP contribution in [0, 0.1) is 0 Å². The van der Waals surface area contributed by atoms with E-state index in [-0.39, 0.29) is 5.91 Å². The maximum Gasteiger partial charge on any atom is 0.244 e. The molecule has 1 fully saturated rings. The molecule has 0 aliphatic carbocycles. The average molecular weight is 293 g/mol. The van der Waals surface area contributed by atoms with Crippen LogP contribution < -0.4 is 4.90 Å². The largest absolute Gasteiger partial charge is 0.352 e. The molecular formula is C14H17ClN4O. The molecule has 0 atom stereocenters. The van der Waals surface area contributed by atoms with Crippen molar-refractivity contribution < 1.29 is 4.79 Å². The molecule has 6 heteroatoms. The second-order valence-electron chi connectivity index (χ2n) is 5.18. The van der Waals surface area contributed by atoms with E-state index < -0.39 is 0 Å². The molecule has 0 saturated carbocycles. The lowest BCUT2D eigenvalue weighted by Gasteiger charge is -2.32. The zero-order chi connectivity index (χ0) is 14.3. The highest BCUT2D eigenvalue weighted by molar-refractivity contribution is 6.36. The van der Waals surface area contributed by atoms with Gasteiger partial charge in [0, 0.05) is 33.1 Å². The zero-order valence-electron chi connectivity index (χ0n) is 11.6.